The first-order valence-electron chi connectivity index (χ1n) is 5.93. The van der Waals surface area contributed by atoms with Crippen LogP contribution in [-0.2, 0) is 6.42 Å². The van der Waals surface area contributed by atoms with Gasteiger partial charge in [0.15, 0.2) is 0 Å². The van der Waals surface area contributed by atoms with E-state index in [1.807, 2.05) is 7.05 Å². The van der Waals surface area contributed by atoms with E-state index < -0.39 is 0 Å². The van der Waals surface area contributed by atoms with Crippen molar-refractivity contribution in [1.29, 1.82) is 0 Å². The van der Waals surface area contributed by atoms with Crippen LogP contribution in [0.5, 0.6) is 5.75 Å². The van der Waals surface area contributed by atoms with Crippen molar-refractivity contribution >= 4 is 5.69 Å². The molecule has 3 nitrogen and oxygen atoms in total. The van der Waals surface area contributed by atoms with Crippen LogP contribution in [0.25, 0.3) is 0 Å². The van der Waals surface area contributed by atoms with Gasteiger partial charge < -0.3 is 15.0 Å². The molecule has 0 unspecified atom stereocenters. The molecule has 0 aromatic heterocycles. The normalized spacial score (nSPS) is 13.4. The Morgan fingerprint density at radius 2 is 2.31 bits per heavy atom. The highest BCUT2D eigenvalue weighted by molar-refractivity contribution is 5.62. The third-order valence-electron chi connectivity index (χ3n) is 3.03. The second kappa shape index (κ2) is 5.21. The molecule has 0 amide bonds. The van der Waals surface area contributed by atoms with E-state index in [2.05, 4.69) is 35.5 Å². The number of rotatable bonds is 5. The Kier molecular flexibility index (Phi) is 3.67. The maximum atomic E-state index is 5.70. The van der Waals surface area contributed by atoms with Gasteiger partial charge in [-0.05, 0) is 31.6 Å². The smallest absolute Gasteiger partial charge is 0.145 e. The molecule has 1 aliphatic heterocycles. The zero-order chi connectivity index (χ0) is 11.4. The Bertz CT molecular complexity index is 352. The molecule has 0 fully saturated rings. The molecule has 0 spiro atoms. The average molecular weight is 220 g/mol. The average Bonchev–Trinajstić information content (AvgIpc) is 2.76. The molecule has 0 aliphatic carbocycles. The van der Waals surface area contributed by atoms with E-state index in [1.165, 1.54) is 11.3 Å². The maximum absolute atomic E-state index is 5.70. The molecular formula is C13H20N2O. The maximum Gasteiger partial charge on any atom is 0.145 e. The molecule has 2 rings (SSSR count). The summed E-state index contributed by atoms with van der Waals surface area (Å²) in [6.07, 6.45) is 2.20. The molecule has 1 aromatic rings. The van der Waals surface area contributed by atoms with Gasteiger partial charge >= 0.3 is 0 Å². The van der Waals surface area contributed by atoms with E-state index in [4.69, 9.17) is 4.74 Å². The van der Waals surface area contributed by atoms with Crippen LogP contribution in [-0.4, -0.2) is 33.8 Å². The second-order valence-corrected chi connectivity index (χ2v) is 4.24. The quantitative estimate of drug-likeness (QED) is 0.764. The van der Waals surface area contributed by atoms with E-state index in [-0.39, 0.29) is 0 Å². The Morgan fingerprint density at radius 1 is 1.44 bits per heavy atom. The Morgan fingerprint density at radius 3 is 3.12 bits per heavy atom. The van der Waals surface area contributed by atoms with Crippen molar-refractivity contribution in [2.45, 2.75) is 12.8 Å². The van der Waals surface area contributed by atoms with E-state index in [0.717, 1.165) is 38.3 Å². The summed E-state index contributed by atoms with van der Waals surface area (Å²) in [5.41, 5.74) is 2.57. The van der Waals surface area contributed by atoms with Gasteiger partial charge in [0.1, 0.15) is 5.75 Å². The minimum absolute atomic E-state index is 0.830. The van der Waals surface area contributed by atoms with E-state index in [0.29, 0.717) is 0 Å². The SMILES string of the molecule is CNCCCN(C)c1cccc2c1OCC2. The Labute approximate surface area is 97.4 Å². The van der Waals surface area contributed by atoms with Crippen LogP contribution in [0.1, 0.15) is 12.0 Å². The van der Waals surface area contributed by atoms with Crippen molar-refractivity contribution in [3.05, 3.63) is 23.8 Å². The molecule has 0 saturated carbocycles. The van der Waals surface area contributed by atoms with Crippen LogP contribution < -0.4 is 15.0 Å². The molecular weight excluding hydrogens is 200 g/mol. The predicted octanol–water partition coefficient (Wildman–Crippen LogP) is 1.67. The molecule has 1 N–H and O–H groups in total. The molecule has 1 heterocycles. The van der Waals surface area contributed by atoms with Crippen LogP contribution in [0.2, 0.25) is 0 Å². The highest BCUT2D eigenvalue weighted by atomic mass is 16.5. The molecule has 3 heteroatoms. The minimum atomic E-state index is 0.830. The van der Waals surface area contributed by atoms with Crippen molar-refractivity contribution in [2.24, 2.45) is 0 Å². The van der Waals surface area contributed by atoms with Crippen LogP contribution in [0.4, 0.5) is 5.69 Å². The van der Waals surface area contributed by atoms with Crippen LogP contribution in [0.15, 0.2) is 18.2 Å². The summed E-state index contributed by atoms with van der Waals surface area (Å²) in [6.45, 7) is 2.94. The van der Waals surface area contributed by atoms with Gasteiger partial charge in [-0.25, -0.2) is 0 Å². The molecule has 88 valence electrons. The Hall–Kier alpha value is -1.22. The molecule has 0 saturated heterocycles. The van der Waals surface area contributed by atoms with Gasteiger partial charge in [0.25, 0.3) is 0 Å². The topological polar surface area (TPSA) is 24.5 Å². The number of anilines is 1. The Balaban J connectivity index is 2.05. The van der Waals surface area contributed by atoms with Gasteiger partial charge in [0.05, 0.1) is 12.3 Å². The van der Waals surface area contributed by atoms with Gasteiger partial charge in [-0.15, -0.1) is 0 Å². The first kappa shape index (κ1) is 11.3. The monoisotopic (exact) mass is 220 g/mol. The predicted molar refractivity (Wildman–Crippen MR) is 67.5 cm³/mol. The molecule has 0 bridgehead atoms. The van der Waals surface area contributed by atoms with Gasteiger partial charge in [-0.1, -0.05) is 12.1 Å². The largest absolute Gasteiger partial charge is 0.491 e. The fourth-order valence-corrected chi connectivity index (χ4v) is 2.11. The van der Waals surface area contributed by atoms with Gasteiger partial charge in [-0.3, -0.25) is 0 Å². The summed E-state index contributed by atoms with van der Waals surface area (Å²) in [5.74, 6) is 1.09. The summed E-state index contributed by atoms with van der Waals surface area (Å²) < 4.78 is 5.70. The van der Waals surface area contributed by atoms with E-state index in [9.17, 15) is 0 Å². The van der Waals surface area contributed by atoms with Gasteiger partial charge in [-0.2, -0.15) is 0 Å². The number of ether oxygens (including phenoxy) is 1. The van der Waals surface area contributed by atoms with Crippen LogP contribution >= 0.6 is 0 Å². The van der Waals surface area contributed by atoms with Crippen LogP contribution in [0, 0.1) is 0 Å². The summed E-state index contributed by atoms with van der Waals surface area (Å²) in [6, 6.07) is 6.42. The standard InChI is InChI=1S/C13H20N2O/c1-14-8-4-9-15(2)12-6-3-5-11-7-10-16-13(11)12/h3,5-6,14H,4,7-10H2,1-2H3. The highest BCUT2D eigenvalue weighted by Crippen LogP contribution is 2.35. The third-order valence-corrected chi connectivity index (χ3v) is 3.03. The molecule has 1 aliphatic rings. The molecule has 16 heavy (non-hydrogen) atoms. The first-order chi connectivity index (χ1) is 7.83. The molecule has 0 atom stereocenters. The summed E-state index contributed by atoms with van der Waals surface area (Å²) >= 11 is 0. The zero-order valence-corrected chi connectivity index (χ0v) is 10.1. The van der Waals surface area contributed by atoms with Crippen molar-refractivity contribution in [3.63, 3.8) is 0 Å². The van der Waals surface area contributed by atoms with Gasteiger partial charge in [0.2, 0.25) is 0 Å². The number of nitrogens with one attached hydrogen (secondary N) is 1. The first-order valence-corrected chi connectivity index (χ1v) is 5.93. The fraction of sp³-hybridized carbons (Fsp3) is 0.538. The summed E-state index contributed by atoms with van der Waals surface area (Å²) in [7, 11) is 4.12. The zero-order valence-electron chi connectivity index (χ0n) is 10.1. The lowest BCUT2D eigenvalue weighted by atomic mass is 10.1. The fourth-order valence-electron chi connectivity index (χ4n) is 2.11. The molecule has 0 radical (unpaired) electrons. The molecule has 1 aromatic carbocycles. The van der Waals surface area contributed by atoms with Crippen LogP contribution in [0.3, 0.4) is 0 Å². The lowest BCUT2D eigenvalue weighted by molar-refractivity contribution is 0.357. The summed E-state index contributed by atoms with van der Waals surface area (Å²) in [5, 5.41) is 3.17. The minimum Gasteiger partial charge on any atom is -0.491 e. The van der Waals surface area contributed by atoms with Crippen molar-refractivity contribution < 1.29 is 4.74 Å². The number of fused-ring (bicyclic) bond motifs is 1. The number of para-hydroxylation sites is 1. The van der Waals surface area contributed by atoms with E-state index >= 15 is 0 Å². The number of hydrogen-bond acceptors (Lipinski definition) is 3. The third kappa shape index (κ3) is 2.30. The lowest BCUT2D eigenvalue weighted by Crippen LogP contribution is -2.22. The lowest BCUT2D eigenvalue weighted by Gasteiger charge is -2.21. The van der Waals surface area contributed by atoms with Crippen molar-refractivity contribution in [2.75, 3.05) is 38.7 Å². The summed E-state index contributed by atoms with van der Waals surface area (Å²) in [4.78, 5) is 2.28. The number of benzene rings is 1. The second-order valence-electron chi connectivity index (χ2n) is 4.24. The van der Waals surface area contributed by atoms with E-state index in [1.54, 1.807) is 0 Å². The highest BCUT2D eigenvalue weighted by Gasteiger charge is 2.17. The van der Waals surface area contributed by atoms with Crippen molar-refractivity contribution in [1.82, 2.24) is 5.32 Å². The number of hydrogen-bond donors (Lipinski definition) is 1. The van der Waals surface area contributed by atoms with Gasteiger partial charge in [0, 0.05) is 20.0 Å². The number of nitrogens with zero attached hydrogens (tertiary/aromatic N) is 1. The van der Waals surface area contributed by atoms with Crippen molar-refractivity contribution in [3.8, 4) is 5.75 Å².